The normalized spacial score (nSPS) is 19.2. The van der Waals surface area contributed by atoms with Crippen molar-refractivity contribution in [3.05, 3.63) is 53.3 Å². The van der Waals surface area contributed by atoms with E-state index in [9.17, 15) is 9.90 Å². The van der Waals surface area contributed by atoms with Crippen molar-refractivity contribution in [3.8, 4) is 0 Å². The number of carbonyl (C=O) groups is 1. The van der Waals surface area contributed by atoms with Gasteiger partial charge in [-0.1, -0.05) is 30.3 Å². The lowest BCUT2D eigenvalue weighted by Crippen LogP contribution is -2.46. The monoisotopic (exact) mass is 356 g/mol. The molecule has 2 aromatic rings. The first-order valence-corrected chi connectivity index (χ1v) is 9.08. The second kappa shape index (κ2) is 7.57. The first kappa shape index (κ1) is 17.2. The number of hydrogen-bond acceptors (Lipinski definition) is 5. The number of nitrogens with zero attached hydrogens (tertiary/aromatic N) is 4. The number of aliphatic hydroxyl groups is 1. The second-order valence-corrected chi connectivity index (χ2v) is 6.80. The zero-order valence-corrected chi connectivity index (χ0v) is 14.8. The van der Waals surface area contributed by atoms with Gasteiger partial charge in [-0.05, 0) is 11.6 Å². The molecule has 7 heteroatoms. The van der Waals surface area contributed by atoms with Crippen LogP contribution in [0.15, 0.2) is 36.4 Å². The van der Waals surface area contributed by atoms with Crippen molar-refractivity contribution in [1.29, 1.82) is 0 Å². The molecule has 26 heavy (non-hydrogen) atoms. The third kappa shape index (κ3) is 3.65. The molecule has 1 saturated heterocycles. The van der Waals surface area contributed by atoms with Crippen molar-refractivity contribution in [2.24, 2.45) is 0 Å². The Kier molecular flexibility index (Phi) is 5.01. The van der Waals surface area contributed by atoms with Crippen LogP contribution in [0.4, 0.5) is 0 Å². The number of carbonyl (C=O) groups excluding carboxylic acids is 1. The van der Waals surface area contributed by atoms with E-state index in [1.54, 1.807) is 0 Å². The Morgan fingerprint density at radius 1 is 1.15 bits per heavy atom. The van der Waals surface area contributed by atoms with E-state index in [0.717, 1.165) is 24.3 Å². The summed E-state index contributed by atoms with van der Waals surface area (Å²) < 4.78 is 7.24. The van der Waals surface area contributed by atoms with Gasteiger partial charge in [0.1, 0.15) is 6.10 Å². The Morgan fingerprint density at radius 2 is 1.92 bits per heavy atom. The number of amides is 1. The van der Waals surface area contributed by atoms with Gasteiger partial charge in [-0.15, -0.1) is 0 Å². The molecule has 1 atom stereocenters. The van der Waals surface area contributed by atoms with Crippen LogP contribution in [0.3, 0.4) is 0 Å². The number of aliphatic hydroxyl groups excluding tert-OH is 1. The summed E-state index contributed by atoms with van der Waals surface area (Å²) in [5.41, 5.74) is 2.42. The maximum atomic E-state index is 12.6. The van der Waals surface area contributed by atoms with Crippen molar-refractivity contribution in [1.82, 2.24) is 19.6 Å². The van der Waals surface area contributed by atoms with Crippen molar-refractivity contribution in [2.75, 3.05) is 39.4 Å². The fourth-order valence-corrected chi connectivity index (χ4v) is 3.49. The van der Waals surface area contributed by atoms with Crippen LogP contribution >= 0.6 is 0 Å². The zero-order chi connectivity index (χ0) is 17.9. The van der Waals surface area contributed by atoms with Crippen molar-refractivity contribution in [2.45, 2.75) is 19.2 Å². The van der Waals surface area contributed by atoms with Gasteiger partial charge in [0, 0.05) is 19.6 Å². The highest BCUT2D eigenvalue weighted by atomic mass is 16.5. The van der Waals surface area contributed by atoms with E-state index in [0.29, 0.717) is 45.1 Å². The van der Waals surface area contributed by atoms with E-state index >= 15 is 0 Å². The van der Waals surface area contributed by atoms with Gasteiger partial charge in [0.15, 0.2) is 0 Å². The van der Waals surface area contributed by atoms with Gasteiger partial charge in [0.25, 0.3) is 0 Å². The number of ether oxygens (including phenoxy) is 1. The molecule has 0 unspecified atom stereocenters. The van der Waals surface area contributed by atoms with Gasteiger partial charge in [-0.25, -0.2) is 0 Å². The van der Waals surface area contributed by atoms with Crippen LogP contribution < -0.4 is 0 Å². The summed E-state index contributed by atoms with van der Waals surface area (Å²) in [6.45, 7) is 5.30. The Hall–Kier alpha value is -2.22. The fraction of sp³-hybridized carbons (Fsp3) is 0.474. The minimum Gasteiger partial charge on any atom is -0.382 e. The highest BCUT2D eigenvalue weighted by Crippen LogP contribution is 2.23. The third-order valence-electron chi connectivity index (χ3n) is 5.03. The number of benzene rings is 1. The Bertz CT molecular complexity index is 755. The molecule has 3 heterocycles. The molecule has 0 spiro atoms. The smallest absolute Gasteiger partial charge is 0.237 e. The molecular formula is C19H24N4O3. The predicted octanol–water partition coefficient (Wildman–Crippen LogP) is 0.639. The molecule has 138 valence electrons. The van der Waals surface area contributed by atoms with Crippen LogP contribution in [0, 0.1) is 0 Å². The summed E-state index contributed by atoms with van der Waals surface area (Å²) in [7, 11) is 0. The van der Waals surface area contributed by atoms with E-state index in [1.807, 2.05) is 46.0 Å². The van der Waals surface area contributed by atoms with Gasteiger partial charge in [-0.3, -0.25) is 14.4 Å². The average Bonchev–Trinajstić information content (AvgIpc) is 3.12. The lowest BCUT2D eigenvalue weighted by atomic mass is 10.1. The SMILES string of the molecule is O=C(CN1CCOCC1)N1CCn2nc([C@@H](O)c3ccccc3)cc2C1. The first-order chi connectivity index (χ1) is 12.7. The quantitative estimate of drug-likeness (QED) is 0.871. The summed E-state index contributed by atoms with van der Waals surface area (Å²) in [5.74, 6) is 0.143. The molecule has 0 aliphatic carbocycles. The molecule has 0 saturated carbocycles. The van der Waals surface area contributed by atoms with Crippen LogP contribution in [0.25, 0.3) is 0 Å². The highest BCUT2D eigenvalue weighted by molar-refractivity contribution is 5.78. The highest BCUT2D eigenvalue weighted by Gasteiger charge is 2.26. The van der Waals surface area contributed by atoms with Gasteiger partial charge < -0.3 is 14.7 Å². The van der Waals surface area contributed by atoms with Gasteiger partial charge in [0.05, 0.1) is 44.2 Å². The van der Waals surface area contributed by atoms with Gasteiger partial charge in [0.2, 0.25) is 5.91 Å². The topological polar surface area (TPSA) is 70.8 Å². The standard InChI is InChI=1S/C19H24N4O3/c24-18(14-21-8-10-26-11-9-21)22-6-7-23-16(13-22)12-17(20-23)19(25)15-4-2-1-3-5-15/h1-5,12,19,25H,6-11,13-14H2/t19-/m0/s1. The maximum Gasteiger partial charge on any atom is 0.237 e. The number of aromatic nitrogens is 2. The maximum absolute atomic E-state index is 12.6. The molecule has 1 aromatic heterocycles. The molecule has 0 bridgehead atoms. The molecule has 1 amide bonds. The molecule has 1 fully saturated rings. The zero-order valence-electron chi connectivity index (χ0n) is 14.8. The molecule has 7 nitrogen and oxygen atoms in total. The summed E-state index contributed by atoms with van der Waals surface area (Å²) >= 11 is 0. The van der Waals surface area contributed by atoms with Crippen LogP contribution in [0.5, 0.6) is 0 Å². The predicted molar refractivity (Wildman–Crippen MR) is 95.4 cm³/mol. The number of fused-ring (bicyclic) bond motifs is 1. The minimum absolute atomic E-state index is 0.143. The van der Waals surface area contributed by atoms with Crippen molar-refractivity contribution in [3.63, 3.8) is 0 Å². The summed E-state index contributed by atoms with van der Waals surface area (Å²) in [4.78, 5) is 16.6. The number of hydrogen-bond donors (Lipinski definition) is 1. The number of rotatable bonds is 4. The average molecular weight is 356 g/mol. The molecule has 1 aromatic carbocycles. The lowest BCUT2D eigenvalue weighted by Gasteiger charge is -2.31. The summed E-state index contributed by atoms with van der Waals surface area (Å²) in [6, 6.07) is 11.4. The third-order valence-corrected chi connectivity index (χ3v) is 5.03. The molecule has 1 N–H and O–H groups in total. The Labute approximate surface area is 152 Å². The van der Waals surface area contributed by atoms with Crippen molar-refractivity contribution >= 4 is 5.91 Å². The van der Waals surface area contributed by atoms with E-state index in [2.05, 4.69) is 10.00 Å². The van der Waals surface area contributed by atoms with E-state index < -0.39 is 6.10 Å². The summed E-state index contributed by atoms with van der Waals surface area (Å²) in [5, 5.41) is 15.1. The fourth-order valence-electron chi connectivity index (χ4n) is 3.49. The molecule has 4 rings (SSSR count). The largest absolute Gasteiger partial charge is 0.382 e. The number of morpholine rings is 1. The Morgan fingerprint density at radius 3 is 2.69 bits per heavy atom. The van der Waals surface area contributed by atoms with Crippen molar-refractivity contribution < 1.29 is 14.6 Å². The molecule has 2 aliphatic rings. The molecule has 2 aliphatic heterocycles. The van der Waals surface area contributed by atoms with Crippen LogP contribution in [-0.4, -0.2) is 70.0 Å². The summed E-state index contributed by atoms with van der Waals surface area (Å²) in [6.07, 6.45) is -0.744. The van der Waals surface area contributed by atoms with Crippen LogP contribution in [-0.2, 0) is 22.6 Å². The van der Waals surface area contributed by atoms with E-state index in [-0.39, 0.29) is 5.91 Å². The first-order valence-electron chi connectivity index (χ1n) is 9.08. The molecular weight excluding hydrogens is 332 g/mol. The Balaban J connectivity index is 1.42. The molecule has 0 radical (unpaired) electrons. The van der Waals surface area contributed by atoms with Gasteiger partial charge >= 0.3 is 0 Å². The van der Waals surface area contributed by atoms with Crippen LogP contribution in [0.1, 0.15) is 23.1 Å². The van der Waals surface area contributed by atoms with Gasteiger partial charge in [-0.2, -0.15) is 5.10 Å². The van der Waals surface area contributed by atoms with E-state index in [1.165, 1.54) is 0 Å². The lowest BCUT2D eigenvalue weighted by molar-refractivity contribution is -0.135. The minimum atomic E-state index is -0.744. The van der Waals surface area contributed by atoms with Crippen LogP contribution in [0.2, 0.25) is 0 Å². The van der Waals surface area contributed by atoms with E-state index in [4.69, 9.17) is 4.74 Å². The second-order valence-electron chi connectivity index (χ2n) is 6.80.